The van der Waals surface area contributed by atoms with Crippen molar-refractivity contribution in [1.82, 2.24) is 4.98 Å². The second kappa shape index (κ2) is 6.85. The fourth-order valence-electron chi connectivity index (χ4n) is 1.63. The second-order valence-electron chi connectivity index (χ2n) is 4.36. The lowest BCUT2D eigenvalue weighted by Gasteiger charge is -2.07. The number of amides is 1. The minimum atomic E-state index is -0.626. The number of anilines is 1. The van der Waals surface area contributed by atoms with Crippen molar-refractivity contribution >= 4 is 29.2 Å². The van der Waals surface area contributed by atoms with E-state index in [4.69, 9.17) is 16.3 Å². The van der Waals surface area contributed by atoms with Gasteiger partial charge in [0.25, 0.3) is 5.91 Å². The monoisotopic (exact) mass is 304 g/mol. The first kappa shape index (κ1) is 15.0. The molecule has 0 spiro atoms. The fourth-order valence-corrected chi connectivity index (χ4v) is 1.74. The third-order valence-corrected chi connectivity index (χ3v) is 2.82. The summed E-state index contributed by atoms with van der Waals surface area (Å²) in [4.78, 5) is 27.1. The molecule has 0 aliphatic rings. The highest BCUT2D eigenvalue weighted by Crippen LogP contribution is 2.10. The maximum absolute atomic E-state index is 11.7. The van der Waals surface area contributed by atoms with Gasteiger partial charge in [0.2, 0.25) is 0 Å². The molecule has 1 aromatic carbocycles. The molecule has 0 saturated heterocycles. The van der Waals surface area contributed by atoms with Gasteiger partial charge in [0.15, 0.2) is 6.61 Å². The summed E-state index contributed by atoms with van der Waals surface area (Å²) in [5.74, 6) is -1.03. The van der Waals surface area contributed by atoms with Crippen LogP contribution in [0.3, 0.4) is 0 Å². The van der Waals surface area contributed by atoms with Crippen molar-refractivity contribution in [2.45, 2.75) is 6.92 Å². The van der Waals surface area contributed by atoms with Crippen molar-refractivity contribution in [3.8, 4) is 0 Å². The van der Waals surface area contributed by atoms with Gasteiger partial charge in [-0.25, -0.2) is 9.78 Å². The van der Waals surface area contributed by atoms with E-state index >= 15 is 0 Å². The Kier molecular flexibility index (Phi) is 4.90. The predicted molar refractivity (Wildman–Crippen MR) is 79.3 cm³/mol. The van der Waals surface area contributed by atoms with Gasteiger partial charge in [-0.1, -0.05) is 23.7 Å². The molecule has 6 heteroatoms. The van der Waals surface area contributed by atoms with E-state index in [1.54, 1.807) is 6.07 Å². The van der Waals surface area contributed by atoms with Gasteiger partial charge in [0.05, 0.1) is 5.56 Å². The number of esters is 1. The number of pyridine rings is 1. The summed E-state index contributed by atoms with van der Waals surface area (Å²) in [6.45, 7) is 1.55. The predicted octanol–water partition coefficient (Wildman–Crippen LogP) is 2.84. The molecule has 21 heavy (non-hydrogen) atoms. The molecule has 0 saturated carbocycles. The van der Waals surface area contributed by atoms with Gasteiger partial charge in [-0.3, -0.25) is 4.79 Å². The van der Waals surface area contributed by atoms with Crippen molar-refractivity contribution in [3.05, 3.63) is 58.9 Å². The van der Waals surface area contributed by atoms with Crippen molar-refractivity contribution in [3.63, 3.8) is 0 Å². The van der Waals surface area contributed by atoms with Gasteiger partial charge < -0.3 is 10.1 Å². The van der Waals surface area contributed by atoms with Gasteiger partial charge >= 0.3 is 5.97 Å². The van der Waals surface area contributed by atoms with Crippen LogP contribution in [0.15, 0.2) is 42.6 Å². The number of rotatable bonds is 4. The normalized spacial score (nSPS) is 10.0. The summed E-state index contributed by atoms with van der Waals surface area (Å²) >= 11 is 5.62. The number of halogens is 1. The van der Waals surface area contributed by atoms with E-state index in [0.717, 1.165) is 5.56 Å². The summed E-state index contributed by atoms with van der Waals surface area (Å²) in [6.07, 6.45) is 1.29. The number of aryl methyl sites for hydroxylation is 1. The van der Waals surface area contributed by atoms with Crippen LogP contribution in [0.25, 0.3) is 0 Å². The van der Waals surface area contributed by atoms with Crippen molar-refractivity contribution in [2.75, 3.05) is 11.9 Å². The standard InChI is InChI=1S/C15H13ClN2O3/c1-10-3-2-4-12(7-10)18-14(19)9-21-15(20)11-5-6-13(16)17-8-11/h2-8H,9H2,1H3,(H,18,19). The molecule has 0 radical (unpaired) electrons. The average Bonchev–Trinajstić information content (AvgIpc) is 2.45. The molecule has 1 N–H and O–H groups in total. The molecular weight excluding hydrogens is 292 g/mol. The maximum Gasteiger partial charge on any atom is 0.340 e. The molecule has 1 amide bonds. The molecule has 0 bridgehead atoms. The van der Waals surface area contributed by atoms with E-state index in [9.17, 15) is 9.59 Å². The van der Waals surface area contributed by atoms with E-state index in [1.165, 1.54) is 18.3 Å². The number of carbonyl (C=O) groups is 2. The quantitative estimate of drug-likeness (QED) is 0.696. The molecule has 0 fully saturated rings. The Morgan fingerprint density at radius 2 is 2.10 bits per heavy atom. The van der Waals surface area contributed by atoms with Crippen LogP contribution in [-0.2, 0) is 9.53 Å². The van der Waals surface area contributed by atoms with Crippen LogP contribution in [0.5, 0.6) is 0 Å². The fraction of sp³-hybridized carbons (Fsp3) is 0.133. The summed E-state index contributed by atoms with van der Waals surface area (Å²) in [7, 11) is 0. The van der Waals surface area contributed by atoms with E-state index in [0.29, 0.717) is 5.69 Å². The third kappa shape index (κ3) is 4.57. The topological polar surface area (TPSA) is 68.3 Å². The first-order valence-electron chi connectivity index (χ1n) is 6.20. The Bertz CT molecular complexity index is 656. The SMILES string of the molecule is Cc1cccc(NC(=O)COC(=O)c2ccc(Cl)nc2)c1. The lowest BCUT2D eigenvalue weighted by atomic mass is 10.2. The van der Waals surface area contributed by atoms with Crippen molar-refractivity contribution in [2.24, 2.45) is 0 Å². The number of nitrogens with one attached hydrogen (secondary N) is 1. The highest BCUT2D eigenvalue weighted by atomic mass is 35.5. The molecule has 2 rings (SSSR count). The third-order valence-electron chi connectivity index (χ3n) is 2.60. The molecule has 0 atom stereocenters. The Labute approximate surface area is 126 Å². The number of aromatic nitrogens is 1. The second-order valence-corrected chi connectivity index (χ2v) is 4.75. The van der Waals surface area contributed by atoms with E-state index in [1.807, 2.05) is 25.1 Å². The molecule has 5 nitrogen and oxygen atoms in total. The van der Waals surface area contributed by atoms with Crippen LogP contribution in [0.4, 0.5) is 5.69 Å². The van der Waals surface area contributed by atoms with Gasteiger partial charge in [0, 0.05) is 11.9 Å². The molecule has 0 unspecified atom stereocenters. The van der Waals surface area contributed by atoms with Crippen molar-refractivity contribution < 1.29 is 14.3 Å². The lowest BCUT2D eigenvalue weighted by molar-refractivity contribution is -0.119. The van der Waals surface area contributed by atoms with Gasteiger partial charge in [0.1, 0.15) is 5.15 Å². The first-order chi connectivity index (χ1) is 10.0. The zero-order valence-corrected chi connectivity index (χ0v) is 12.1. The zero-order valence-electron chi connectivity index (χ0n) is 11.3. The molecule has 2 aromatic rings. The van der Waals surface area contributed by atoms with Crippen LogP contribution >= 0.6 is 11.6 Å². The Hall–Kier alpha value is -2.40. The molecule has 108 valence electrons. The summed E-state index contributed by atoms with van der Waals surface area (Å²) < 4.78 is 4.90. The molecule has 1 heterocycles. The molecule has 0 aliphatic carbocycles. The van der Waals surface area contributed by atoms with E-state index in [2.05, 4.69) is 10.3 Å². The number of benzene rings is 1. The lowest BCUT2D eigenvalue weighted by Crippen LogP contribution is -2.21. The van der Waals surface area contributed by atoms with Gasteiger partial charge in [-0.05, 0) is 36.8 Å². The first-order valence-corrected chi connectivity index (χ1v) is 6.57. The molecular formula is C15H13ClN2O3. The summed E-state index contributed by atoms with van der Waals surface area (Å²) in [5.41, 5.74) is 1.92. The number of nitrogens with zero attached hydrogens (tertiary/aromatic N) is 1. The van der Waals surface area contributed by atoms with Crippen LogP contribution < -0.4 is 5.32 Å². The minimum Gasteiger partial charge on any atom is -0.452 e. The Morgan fingerprint density at radius 3 is 2.76 bits per heavy atom. The van der Waals surface area contributed by atoms with Crippen LogP contribution in [0.2, 0.25) is 5.15 Å². The highest BCUT2D eigenvalue weighted by molar-refractivity contribution is 6.29. The number of ether oxygens (including phenoxy) is 1. The summed E-state index contributed by atoms with van der Waals surface area (Å²) in [6, 6.07) is 10.3. The van der Waals surface area contributed by atoms with Crippen molar-refractivity contribution in [1.29, 1.82) is 0 Å². The van der Waals surface area contributed by atoms with Crippen LogP contribution in [-0.4, -0.2) is 23.5 Å². The van der Waals surface area contributed by atoms with Crippen LogP contribution in [0, 0.1) is 6.92 Å². The minimum absolute atomic E-state index is 0.239. The van der Waals surface area contributed by atoms with Gasteiger partial charge in [-0.15, -0.1) is 0 Å². The number of hydrogen-bond donors (Lipinski definition) is 1. The largest absolute Gasteiger partial charge is 0.452 e. The highest BCUT2D eigenvalue weighted by Gasteiger charge is 2.10. The number of carbonyl (C=O) groups excluding carboxylic acids is 2. The average molecular weight is 305 g/mol. The van der Waals surface area contributed by atoms with Crippen LogP contribution in [0.1, 0.15) is 15.9 Å². The van der Waals surface area contributed by atoms with E-state index < -0.39 is 11.9 Å². The zero-order chi connectivity index (χ0) is 15.2. The molecule has 0 aliphatic heterocycles. The maximum atomic E-state index is 11.7. The Balaban J connectivity index is 1.86. The van der Waals surface area contributed by atoms with E-state index in [-0.39, 0.29) is 17.3 Å². The summed E-state index contributed by atoms with van der Waals surface area (Å²) in [5, 5.41) is 2.93. The number of hydrogen-bond acceptors (Lipinski definition) is 4. The van der Waals surface area contributed by atoms with Gasteiger partial charge in [-0.2, -0.15) is 0 Å². The smallest absolute Gasteiger partial charge is 0.340 e. The Morgan fingerprint density at radius 1 is 1.29 bits per heavy atom. The molecule has 1 aromatic heterocycles.